The van der Waals surface area contributed by atoms with Gasteiger partial charge in [0.25, 0.3) is 0 Å². The Morgan fingerprint density at radius 3 is 3.33 bits per heavy atom. The van der Waals surface area contributed by atoms with Crippen LogP contribution >= 0.6 is 0 Å². The van der Waals surface area contributed by atoms with Gasteiger partial charge < -0.3 is 0 Å². The largest absolute Gasteiger partial charge is 0.235 e. The first kappa shape index (κ1) is 4.68. The SMILES string of the molecule is C1=CC2=NC=NC2=CC1. The second-order valence-electron chi connectivity index (χ2n) is 1.99. The predicted molar refractivity (Wildman–Crippen MR) is 37.8 cm³/mol. The normalized spacial score (nSPS) is 21.3. The molecule has 2 nitrogen and oxygen atoms in total. The van der Waals surface area contributed by atoms with Crippen LogP contribution < -0.4 is 0 Å². The van der Waals surface area contributed by atoms with Crippen LogP contribution in [0.1, 0.15) is 6.42 Å². The van der Waals surface area contributed by atoms with Gasteiger partial charge in [-0.3, -0.25) is 0 Å². The van der Waals surface area contributed by atoms with E-state index in [1.165, 1.54) is 0 Å². The zero-order valence-corrected chi connectivity index (χ0v) is 4.91. The lowest BCUT2D eigenvalue weighted by Gasteiger charge is -1.98. The minimum absolute atomic E-state index is 0.992. The van der Waals surface area contributed by atoms with Crippen molar-refractivity contribution in [3.63, 3.8) is 0 Å². The summed E-state index contributed by atoms with van der Waals surface area (Å²) in [5.41, 5.74) is 2.03. The van der Waals surface area contributed by atoms with Crippen LogP contribution in [0.4, 0.5) is 0 Å². The highest BCUT2D eigenvalue weighted by Crippen LogP contribution is 2.12. The summed E-state index contributed by atoms with van der Waals surface area (Å²) in [5, 5.41) is 0. The van der Waals surface area contributed by atoms with Gasteiger partial charge in [0.05, 0.1) is 11.4 Å². The number of allylic oxidation sites excluding steroid dienone is 3. The molecule has 0 fully saturated rings. The van der Waals surface area contributed by atoms with Crippen molar-refractivity contribution in [3.8, 4) is 0 Å². The van der Waals surface area contributed by atoms with E-state index in [0.717, 1.165) is 17.8 Å². The average molecular weight is 118 g/mol. The number of nitrogens with zero attached hydrogens (tertiary/aromatic N) is 2. The maximum absolute atomic E-state index is 4.04. The summed E-state index contributed by atoms with van der Waals surface area (Å²) in [4.78, 5) is 8.07. The molecule has 1 aliphatic heterocycles. The summed E-state index contributed by atoms with van der Waals surface area (Å²) in [6, 6.07) is 0. The molecule has 0 saturated heterocycles. The van der Waals surface area contributed by atoms with E-state index in [-0.39, 0.29) is 0 Å². The molecule has 2 aliphatic rings. The van der Waals surface area contributed by atoms with Gasteiger partial charge in [0.1, 0.15) is 6.34 Å². The lowest BCUT2D eigenvalue weighted by molar-refractivity contribution is 1.31. The minimum atomic E-state index is 0.992. The van der Waals surface area contributed by atoms with E-state index in [1.54, 1.807) is 6.34 Å². The molecule has 44 valence electrons. The standard InChI is InChI=1S/C7H6N2/c1-2-4-7-6(3-1)8-5-9-7/h1,3-5H,2H2. The second-order valence-corrected chi connectivity index (χ2v) is 1.99. The van der Waals surface area contributed by atoms with Gasteiger partial charge in [-0.1, -0.05) is 12.2 Å². The third kappa shape index (κ3) is 0.633. The smallest absolute Gasteiger partial charge is 0.116 e. The lowest BCUT2D eigenvalue weighted by Crippen LogP contribution is -1.95. The van der Waals surface area contributed by atoms with Crippen LogP contribution in [0.3, 0.4) is 0 Å². The zero-order chi connectivity index (χ0) is 6.10. The fourth-order valence-corrected chi connectivity index (χ4v) is 0.931. The van der Waals surface area contributed by atoms with Crippen molar-refractivity contribution >= 4 is 12.1 Å². The van der Waals surface area contributed by atoms with Crippen molar-refractivity contribution in [2.24, 2.45) is 9.98 Å². The molecule has 2 heteroatoms. The van der Waals surface area contributed by atoms with E-state index in [1.807, 2.05) is 6.08 Å². The molecular formula is C7H6N2. The van der Waals surface area contributed by atoms with Crippen LogP contribution in [0, 0.1) is 0 Å². The fourth-order valence-electron chi connectivity index (χ4n) is 0.931. The summed E-state index contributed by atoms with van der Waals surface area (Å²) in [6.07, 6.45) is 8.74. The summed E-state index contributed by atoms with van der Waals surface area (Å²) in [7, 11) is 0. The molecule has 0 aromatic rings. The van der Waals surface area contributed by atoms with Gasteiger partial charge in [0, 0.05) is 0 Å². The Labute approximate surface area is 53.3 Å². The van der Waals surface area contributed by atoms with Crippen molar-refractivity contribution < 1.29 is 0 Å². The molecule has 0 atom stereocenters. The summed E-state index contributed by atoms with van der Waals surface area (Å²) in [6.45, 7) is 0. The second kappa shape index (κ2) is 1.65. The molecule has 0 aromatic heterocycles. The highest BCUT2D eigenvalue weighted by molar-refractivity contribution is 6.14. The number of rotatable bonds is 0. The van der Waals surface area contributed by atoms with Crippen molar-refractivity contribution in [2.45, 2.75) is 6.42 Å². The zero-order valence-electron chi connectivity index (χ0n) is 4.91. The fraction of sp³-hybridized carbons (Fsp3) is 0.143. The topological polar surface area (TPSA) is 24.7 Å². The van der Waals surface area contributed by atoms with Crippen LogP contribution in [-0.2, 0) is 0 Å². The van der Waals surface area contributed by atoms with Gasteiger partial charge in [0.15, 0.2) is 0 Å². The Balaban J connectivity index is 2.46. The third-order valence-corrected chi connectivity index (χ3v) is 1.38. The van der Waals surface area contributed by atoms with Gasteiger partial charge in [-0.05, 0) is 12.5 Å². The molecule has 0 spiro atoms. The molecule has 0 N–H and O–H groups in total. The van der Waals surface area contributed by atoms with E-state index in [2.05, 4.69) is 22.1 Å². The lowest BCUT2D eigenvalue weighted by atomic mass is 10.1. The van der Waals surface area contributed by atoms with Gasteiger partial charge in [-0.25, -0.2) is 9.98 Å². The van der Waals surface area contributed by atoms with E-state index in [0.29, 0.717) is 0 Å². The molecule has 0 amide bonds. The number of fused-ring (bicyclic) bond motifs is 1. The Bertz CT molecular complexity index is 244. The average Bonchev–Trinajstić information content (AvgIpc) is 2.33. The van der Waals surface area contributed by atoms with Crippen molar-refractivity contribution in [1.82, 2.24) is 0 Å². The Morgan fingerprint density at radius 2 is 2.44 bits per heavy atom. The van der Waals surface area contributed by atoms with Crippen LogP contribution in [0.5, 0.6) is 0 Å². The molecule has 0 unspecified atom stereocenters. The van der Waals surface area contributed by atoms with Crippen molar-refractivity contribution in [1.29, 1.82) is 0 Å². The predicted octanol–water partition coefficient (Wildman–Crippen LogP) is 1.31. The molecular weight excluding hydrogens is 112 g/mol. The van der Waals surface area contributed by atoms with Crippen LogP contribution in [0.2, 0.25) is 0 Å². The first-order valence-corrected chi connectivity index (χ1v) is 2.94. The first-order valence-electron chi connectivity index (χ1n) is 2.94. The van der Waals surface area contributed by atoms with Crippen LogP contribution in [-0.4, -0.2) is 12.1 Å². The summed E-state index contributed by atoms with van der Waals surface area (Å²) in [5.74, 6) is 0. The minimum Gasteiger partial charge on any atom is -0.235 e. The molecule has 1 aliphatic carbocycles. The van der Waals surface area contributed by atoms with E-state index in [4.69, 9.17) is 0 Å². The highest BCUT2D eigenvalue weighted by atomic mass is 15.0. The monoisotopic (exact) mass is 118 g/mol. The molecule has 2 rings (SSSR count). The van der Waals surface area contributed by atoms with Crippen LogP contribution in [0.15, 0.2) is 33.9 Å². The van der Waals surface area contributed by atoms with Gasteiger partial charge in [-0.2, -0.15) is 0 Å². The van der Waals surface area contributed by atoms with Crippen LogP contribution in [0.25, 0.3) is 0 Å². The Kier molecular flexibility index (Phi) is 0.859. The van der Waals surface area contributed by atoms with Gasteiger partial charge in [-0.15, -0.1) is 0 Å². The number of hydrogen-bond acceptors (Lipinski definition) is 2. The highest BCUT2D eigenvalue weighted by Gasteiger charge is 2.07. The van der Waals surface area contributed by atoms with E-state index < -0.39 is 0 Å². The van der Waals surface area contributed by atoms with Gasteiger partial charge in [0.2, 0.25) is 0 Å². The van der Waals surface area contributed by atoms with E-state index in [9.17, 15) is 0 Å². The molecule has 0 bridgehead atoms. The molecule has 9 heavy (non-hydrogen) atoms. The quantitative estimate of drug-likeness (QED) is 0.458. The molecule has 0 saturated carbocycles. The van der Waals surface area contributed by atoms with E-state index >= 15 is 0 Å². The summed E-state index contributed by atoms with van der Waals surface area (Å²) < 4.78 is 0. The molecule has 0 aromatic carbocycles. The maximum atomic E-state index is 4.04. The Morgan fingerprint density at radius 1 is 1.44 bits per heavy atom. The van der Waals surface area contributed by atoms with Crippen molar-refractivity contribution in [3.05, 3.63) is 23.9 Å². The summed E-state index contributed by atoms with van der Waals surface area (Å²) >= 11 is 0. The van der Waals surface area contributed by atoms with Gasteiger partial charge >= 0.3 is 0 Å². The Hall–Kier alpha value is -1.18. The maximum Gasteiger partial charge on any atom is 0.116 e. The van der Waals surface area contributed by atoms with Crippen molar-refractivity contribution in [2.75, 3.05) is 0 Å². The molecule has 0 radical (unpaired) electrons. The number of hydrogen-bond donors (Lipinski definition) is 0. The third-order valence-electron chi connectivity index (χ3n) is 1.38. The number of aliphatic imine (C=N–C) groups is 2. The first-order chi connectivity index (χ1) is 4.47. The molecule has 1 heterocycles.